The van der Waals surface area contributed by atoms with Crippen molar-refractivity contribution < 1.29 is 23.7 Å². The van der Waals surface area contributed by atoms with Gasteiger partial charge in [-0.2, -0.15) is 0 Å². The molecule has 0 bridgehead atoms. The predicted molar refractivity (Wildman–Crippen MR) is 105 cm³/mol. The lowest BCUT2D eigenvalue weighted by Gasteiger charge is -2.14. The Bertz CT molecular complexity index is 320. The fraction of sp³-hybridized carbons (Fsp3) is 0.857. The minimum atomic E-state index is -0.432. The van der Waals surface area contributed by atoms with Crippen LogP contribution in [0.15, 0.2) is 12.7 Å². The van der Waals surface area contributed by atoms with E-state index in [4.69, 9.17) is 18.9 Å². The van der Waals surface area contributed by atoms with Gasteiger partial charge in [-0.1, -0.05) is 71.3 Å². The summed E-state index contributed by atoms with van der Waals surface area (Å²) >= 11 is 0. The van der Waals surface area contributed by atoms with Crippen LogP contribution in [-0.4, -0.2) is 45.3 Å². The third kappa shape index (κ3) is 19.4. The van der Waals surface area contributed by atoms with Crippen molar-refractivity contribution in [1.82, 2.24) is 0 Å². The van der Waals surface area contributed by atoms with E-state index in [1.807, 2.05) is 6.92 Å². The molecule has 0 aliphatic heterocycles. The normalized spacial score (nSPS) is 12.1. The summed E-state index contributed by atoms with van der Waals surface area (Å²) in [5.41, 5.74) is 0. The first kappa shape index (κ1) is 25.1. The Morgan fingerprint density at radius 2 is 1.35 bits per heavy atom. The van der Waals surface area contributed by atoms with Gasteiger partial charge in [-0.3, -0.25) is 0 Å². The molecule has 0 amide bonds. The highest BCUT2D eigenvalue weighted by molar-refractivity contribution is 5.81. The first-order chi connectivity index (χ1) is 12.7. The SMILES string of the molecule is C=CC(=O)OCCOCCOC(C)OCCCCCCCCCCCC. The van der Waals surface area contributed by atoms with E-state index in [0.717, 1.165) is 19.1 Å². The number of esters is 1. The van der Waals surface area contributed by atoms with Crippen LogP contribution < -0.4 is 0 Å². The van der Waals surface area contributed by atoms with Crippen molar-refractivity contribution in [2.24, 2.45) is 0 Å². The monoisotopic (exact) mass is 372 g/mol. The van der Waals surface area contributed by atoms with E-state index in [-0.39, 0.29) is 12.9 Å². The van der Waals surface area contributed by atoms with Crippen molar-refractivity contribution in [3.8, 4) is 0 Å². The molecule has 1 unspecified atom stereocenters. The summed E-state index contributed by atoms with van der Waals surface area (Å²) < 4.78 is 21.2. The van der Waals surface area contributed by atoms with Crippen LogP contribution in [0.25, 0.3) is 0 Å². The van der Waals surface area contributed by atoms with Crippen molar-refractivity contribution in [3.63, 3.8) is 0 Å². The third-order valence-electron chi connectivity index (χ3n) is 4.07. The summed E-state index contributed by atoms with van der Waals surface area (Å²) in [4.78, 5) is 10.8. The van der Waals surface area contributed by atoms with Crippen LogP contribution in [-0.2, 0) is 23.7 Å². The number of carbonyl (C=O) groups excluding carboxylic acids is 1. The molecule has 0 saturated heterocycles. The largest absolute Gasteiger partial charge is 0.460 e. The lowest BCUT2D eigenvalue weighted by Crippen LogP contribution is -2.18. The number of carbonyl (C=O) groups is 1. The summed E-state index contributed by atoms with van der Waals surface area (Å²) in [5, 5.41) is 0. The number of ether oxygens (including phenoxy) is 4. The van der Waals surface area contributed by atoms with Gasteiger partial charge in [-0.15, -0.1) is 0 Å². The molecule has 0 radical (unpaired) electrons. The van der Waals surface area contributed by atoms with E-state index in [9.17, 15) is 4.79 Å². The molecule has 154 valence electrons. The summed E-state index contributed by atoms with van der Waals surface area (Å²) in [6, 6.07) is 0. The molecule has 5 heteroatoms. The van der Waals surface area contributed by atoms with Gasteiger partial charge in [0.05, 0.1) is 19.8 Å². The zero-order valence-electron chi connectivity index (χ0n) is 17.0. The molecule has 1 atom stereocenters. The van der Waals surface area contributed by atoms with Crippen molar-refractivity contribution >= 4 is 5.97 Å². The van der Waals surface area contributed by atoms with Crippen molar-refractivity contribution in [2.75, 3.05) is 33.0 Å². The Hall–Kier alpha value is -0.910. The summed E-state index contributed by atoms with van der Waals surface area (Å²) in [7, 11) is 0. The Morgan fingerprint density at radius 3 is 1.96 bits per heavy atom. The molecule has 26 heavy (non-hydrogen) atoms. The lowest BCUT2D eigenvalue weighted by atomic mass is 10.1. The fourth-order valence-corrected chi connectivity index (χ4v) is 2.52. The Kier molecular flexibility index (Phi) is 19.7. The first-order valence-electron chi connectivity index (χ1n) is 10.3. The van der Waals surface area contributed by atoms with Crippen LogP contribution in [0.5, 0.6) is 0 Å². The number of hydrogen-bond donors (Lipinski definition) is 0. The number of hydrogen-bond acceptors (Lipinski definition) is 5. The van der Waals surface area contributed by atoms with E-state index in [1.54, 1.807) is 0 Å². The highest BCUT2D eigenvalue weighted by Crippen LogP contribution is 2.10. The standard InChI is InChI=1S/C21H40O5/c1-4-6-7-8-9-10-11-12-13-14-15-24-20(3)25-18-16-23-17-19-26-21(22)5-2/h5,20H,2,4,6-19H2,1,3H3. The zero-order valence-corrected chi connectivity index (χ0v) is 17.0. The van der Waals surface area contributed by atoms with Crippen molar-refractivity contribution in [3.05, 3.63) is 12.7 Å². The molecule has 0 spiro atoms. The molecular formula is C21H40O5. The minimum absolute atomic E-state index is 0.212. The maximum Gasteiger partial charge on any atom is 0.330 e. The summed E-state index contributed by atoms with van der Waals surface area (Å²) in [6.07, 6.45) is 14.2. The smallest absolute Gasteiger partial charge is 0.330 e. The average molecular weight is 373 g/mol. The molecule has 0 aromatic heterocycles. The van der Waals surface area contributed by atoms with Gasteiger partial charge in [0.15, 0.2) is 6.29 Å². The van der Waals surface area contributed by atoms with Gasteiger partial charge in [0.2, 0.25) is 0 Å². The molecule has 0 fully saturated rings. The van der Waals surface area contributed by atoms with Crippen LogP contribution in [0, 0.1) is 0 Å². The van der Waals surface area contributed by atoms with Crippen molar-refractivity contribution in [1.29, 1.82) is 0 Å². The molecule has 0 saturated carbocycles. The quantitative estimate of drug-likeness (QED) is 0.130. The maximum atomic E-state index is 10.8. The van der Waals surface area contributed by atoms with Gasteiger partial charge < -0.3 is 18.9 Å². The number of rotatable bonds is 20. The van der Waals surface area contributed by atoms with Crippen LogP contribution in [0.3, 0.4) is 0 Å². The van der Waals surface area contributed by atoms with Crippen LogP contribution in [0.1, 0.15) is 78.1 Å². The van der Waals surface area contributed by atoms with E-state index in [1.165, 1.54) is 57.8 Å². The molecule has 0 N–H and O–H groups in total. The topological polar surface area (TPSA) is 54.0 Å². The van der Waals surface area contributed by atoms with Gasteiger partial charge >= 0.3 is 5.97 Å². The van der Waals surface area contributed by atoms with E-state index in [2.05, 4.69) is 13.5 Å². The summed E-state index contributed by atoms with van der Waals surface area (Å²) in [6.45, 7) is 9.74. The molecule has 5 nitrogen and oxygen atoms in total. The van der Waals surface area contributed by atoms with E-state index >= 15 is 0 Å². The Morgan fingerprint density at radius 1 is 0.808 bits per heavy atom. The fourth-order valence-electron chi connectivity index (χ4n) is 2.52. The van der Waals surface area contributed by atoms with Crippen LogP contribution >= 0.6 is 0 Å². The molecule has 0 aromatic carbocycles. The van der Waals surface area contributed by atoms with E-state index < -0.39 is 5.97 Å². The third-order valence-corrected chi connectivity index (χ3v) is 4.07. The zero-order chi connectivity index (χ0) is 19.3. The molecule has 0 rings (SSSR count). The minimum Gasteiger partial charge on any atom is -0.460 e. The molecule has 0 aliphatic carbocycles. The van der Waals surface area contributed by atoms with Gasteiger partial charge in [0, 0.05) is 12.7 Å². The molecule has 0 aromatic rings. The van der Waals surface area contributed by atoms with Gasteiger partial charge in [0.1, 0.15) is 6.61 Å². The van der Waals surface area contributed by atoms with Crippen LogP contribution in [0.2, 0.25) is 0 Å². The van der Waals surface area contributed by atoms with Gasteiger partial charge in [0.25, 0.3) is 0 Å². The van der Waals surface area contributed by atoms with Gasteiger partial charge in [-0.05, 0) is 13.3 Å². The van der Waals surface area contributed by atoms with E-state index in [0.29, 0.717) is 19.8 Å². The lowest BCUT2D eigenvalue weighted by molar-refractivity contribution is -0.144. The molecule has 0 heterocycles. The maximum absolute atomic E-state index is 10.8. The van der Waals surface area contributed by atoms with Crippen molar-refractivity contribution in [2.45, 2.75) is 84.3 Å². The first-order valence-corrected chi connectivity index (χ1v) is 10.3. The molecule has 0 aliphatic rings. The second kappa shape index (κ2) is 20.4. The predicted octanol–water partition coefficient (Wildman–Crippen LogP) is 5.03. The number of unbranched alkanes of at least 4 members (excludes halogenated alkanes) is 9. The van der Waals surface area contributed by atoms with Crippen LogP contribution in [0.4, 0.5) is 0 Å². The Labute approximate surface area is 160 Å². The second-order valence-electron chi connectivity index (χ2n) is 6.48. The second-order valence-corrected chi connectivity index (χ2v) is 6.48. The highest BCUT2D eigenvalue weighted by Gasteiger charge is 2.02. The van der Waals surface area contributed by atoms with Gasteiger partial charge in [-0.25, -0.2) is 4.79 Å². The summed E-state index contributed by atoms with van der Waals surface area (Å²) in [5.74, 6) is -0.432. The Balaban J connectivity index is 3.18. The average Bonchev–Trinajstić information content (AvgIpc) is 2.65. The highest BCUT2D eigenvalue weighted by atomic mass is 16.7. The molecular weight excluding hydrogens is 332 g/mol.